The Hall–Kier alpha value is -6.98. The summed E-state index contributed by atoms with van der Waals surface area (Å²) in [5.74, 6) is 4.92. The zero-order valence-corrected chi connectivity index (χ0v) is 28.9. The number of fused-ring (bicyclic) bond motifs is 7. The van der Waals surface area contributed by atoms with Crippen LogP contribution in [0.15, 0.2) is 170 Å². The van der Waals surface area contributed by atoms with Crippen molar-refractivity contribution in [3.05, 3.63) is 192 Å². The minimum absolute atomic E-state index is 0.0431. The van der Waals surface area contributed by atoms with Crippen LogP contribution >= 0.6 is 0 Å². The van der Waals surface area contributed by atoms with Gasteiger partial charge in [0.15, 0.2) is 0 Å². The molecule has 13 rings (SSSR count). The van der Waals surface area contributed by atoms with Gasteiger partial charge in [-0.25, -0.2) is 0 Å². The van der Waals surface area contributed by atoms with Gasteiger partial charge in [0.2, 0.25) is 0 Å². The molecule has 0 bridgehead atoms. The fourth-order valence-electron chi connectivity index (χ4n) is 10.2. The number of hydrogen-bond donors (Lipinski definition) is 0. The van der Waals surface area contributed by atoms with E-state index >= 15 is 0 Å². The highest BCUT2D eigenvalue weighted by Gasteiger charge is 2.49. The van der Waals surface area contributed by atoms with Gasteiger partial charge < -0.3 is 18.8 Å². The molecule has 0 amide bonds. The van der Waals surface area contributed by atoms with Crippen molar-refractivity contribution >= 4 is 44.9 Å². The number of aromatic nitrogens is 1. The summed E-state index contributed by atoms with van der Waals surface area (Å²) in [6, 6.07) is 61.1. The molecule has 9 aromatic rings. The van der Waals surface area contributed by atoms with E-state index in [1.807, 2.05) is 24.3 Å². The Morgan fingerprint density at radius 3 is 1.61 bits per heavy atom. The van der Waals surface area contributed by atoms with E-state index in [9.17, 15) is 0 Å². The minimum atomic E-state index is -0.581. The third-order valence-electron chi connectivity index (χ3n) is 12.2. The van der Waals surface area contributed by atoms with Crippen LogP contribution in [-0.4, -0.2) is 11.3 Å². The lowest BCUT2D eigenvalue weighted by Crippen LogP contribution is -2.59. The van der Waals surface area contributed by atoms with Gasteiger partial charge in [0.05, 0.1) is 22.1 Å². The van der Waals surface area contributed by atoms with E-state index < -0.39 is 5.41 Å². The van der Waals surface area contributed by atoms with Crippen LogP contribution in [0.1, 0.15) is 22.3 Å². The maximum atomic E-state index is 6.86. The van der Waals surface area contributed by atoms with Crippen molar-refractivity contribution in [3.63, 3.8) is 0 Å². The Kier molecular flexibility index (Phi) is 5.36. The summed E-state index contributed by atoms with van der Waals surface area (Å²) < 4.78 is 22.6. The predicted molar refractivity (Wildman–Crippen MR) is 216 cm³/mol. The SMILES string of the molecule is c1ccc(C2(c3ccccc3)c3ccccc3-c3ccc4c5ccccc5n(-c5cc6c7c(c5)Oc5cccc8c5B7c5c(cccc5O6)O8)c4c32)cc1. The molecule has 250 valence electrons. The van der Waals surface area contributed by atoms with Crippen molar-refractivity contribution < 1.29 is 14.2 Å². The monoisotopic (exact) mass is 689 g/mol. The van der Waals surface area contributed by atoms with Gasteiger partial charge in [-0.15, -0.1) is 0 Å². The first-order valence-electron chi connectivity index (χ1n) is 18.5. The Labute approximate surface area is 311 Å². The molecule has 3 aliphatic heterocycles. The molecule has 4 heterocycles. The molecule has 0 saturated carbocycles. The van der Waals surface area contributed by atoms with Crippen LogP contribution in [-0.2, 0) is 5.41 Å². The van der Waals surface area contributed by atoms with Crippen LogP contribution in [0.5, 0.6) is 34.5 Å². The second kappa shape index (κ2) is 10.1. The van der Waals surface area contributed by atoms with E-state index in [4.69, 9.17) is 14.2 Å². The lowest BCUT2D eigenvalue weighted by molar-refractivity contribution is 0.442. The second-order valence-corrected chi connectivity index (χ2v) is 14.7. The van der Waals surface area contributed by atoms with Crippen LogP contribution in [0.2, 0.25) is 0 Å². The zero-order valence-electron chi connectivity index (χ0n) is 28.9. The van der Waals surface area contributed by atoms with Gasteiger partial charge in [-0.3, -0.25) is 0 Å². The Balaban J connectivity index is 1.17. The molecule has 1 aromatic heterocycles. The van der Waals surface area contributed by atoms with Crippen LogP contribution < -0.4 is 30.6 Å². The molecular formula is C49H28BNO3. The van der Waals surface area contributed by atoms with Gasteiger partial charge in [0.25, 0.3) is 6.71 Å². The molecule has 1 aliphatic carbocycles. The Bertz CT molecular complexity index is 2980. The maximum absolute atomic E-state index is 6.86. The fraction of sp³-hybridized carbons (Fsp3) is 0.0204. The molecule has 0 saturated heterocycles. The van der Waals surface area contributed by atoms with Crippen molar-refractivity contribution in [1.29, 1.82) is 0 Å². The summed E-state index contributed by atoms with van der Waals surface area (Å²) in [4.78, 5) is 0. The average Bonchev–Trinajstić information content (AvgIpc) is 3.72. The number of para-hydroxylation sites is 1. The highest BCUT2D eigenvalue weighted by Crippen LogP contribution is 2.59. The van der Waals surface area contributed by atoms with Crippen molar-refractivity contribution in [2.45, 2.75) is 5.41 Å². The van der Waals surface area contributed by atoms with E-state index in [-0.39, 0.29) is 6.71 Å². The number of ether oxygens (including phenoxy) is 3. The molecule has 0 atom stereocenters. The maximum Gasteiger partial charge on any atom is 0.270 e. The molecule has 0 unspecified atom stereocenters. The summed E-state index contributed by atoms with van der Waals surface area (Å²) in [5, 5.41) is 2.40. The molecule has 5 heteroatoms. The summed E-state index contributed by atoms with van der Waals surface area (Å²) in [6.45, 7) is -0.0431. The lowest BCUT2D eigenvalue weighted by atomic mass is 9.34. The van der Waals surface area contributed by atoms with Gasteiger partial charge in [-0.1, -0.05) is 127 Å². The van der Waals surface area contributed by atoms with Gasteiger partial charge in [0, 0.05) is 44.9 Å². The summed E-state index contributed by atoms with van der Waals surface area (Å²) in [6.07, 6.45) is 0. The summed E-state index contributed by atoms with van der Waals surface area (Å²) in [7, 11) is 0. The lowest BCUT2D eigenvalue weighted by Gasteiger charge is -2.37. The normalized spacial score (nSPS) is 14.5. The second-order valence-electron chi connectivity index (χ2n) is 14.7. The smallest absolute Gasteiger partial charge is 0.270 e. The van der Waals surface area contributed by atoms with Crippen molar-refractivity contribution in [3.8, 4) is 51.3 Å². The van der Waals surface area contributed by atoms with Crippen molar-refractivity contribution in [2.24, 2.45) is 0 Å². The third-order valence-corrected chi connectivity index (χ3v) is 12.2. The number of rotatable bonds is 3. The van der Waals surface area contributed by atoms with Crippen LogP contribution in [0.3, 0.4) is 0 Å². The quantitative estimate of drug-likeness (QED) is 0.173. The first kappa shape index (κ1) is 28.6. The molecule has 0 fully saturated rings. The van der Waals surface area contributed by atoms with Gasteiger partial charge in [-0.05, 0) is 58.1 Å². The molecule has 0 spiro atoms. The first-order valence-corrected chi connectivity index (χ1v) is 18.5. The largest absolute Gasteiger partial charge is 0.458 e. The molecule has 54 heavy (non-hydrogen) atoms. The standard InChI is InChI=1S/C49H28BNO3/c1-3-13-29(14-4-1)49(30-15-5-2-6-16-30)36-19-9-7-17-32(36)34-25-26-35-33-18-8-10-20-37(33)51(48(35)44(34)49)31-27-42-47-43(28-31)54-41-24-12-22-39-46(41)50(47)45-38(52-39)21-11-23-40(45)53-42/h1-28H. The van der Waals surface area contributed by atoms with E-state index in [1.165, 1.54) is 49.7 Å². The molecular weight excluding hydrogens is 661 g/mol. The highest BCUT2D eigenvalue weighted by atomic mass is 16.5. The first-order chi connectivity index (χ1) is 26.8. The molecule has 4 nitrogen and oxygen atoms in total. The van der Waals surface area contributed by atoms with E-state index in [1.54, 1.807) is 0 Å². The van der Waals surface area contributed by atoms with Crippen LogP contribution in [0.25, 0.3) is 38.6 Å². The van der Waals surface area contributed by atoms with E-state index in [2.05, 4.69) is 150 Å². The summed E-state index contributed by atoms with van der Waals surface area (Å²) in [5.41, 5.74) is 13.4. The van der Waals surface area contributed by atoms with Crippen LogP contribution in [0.4, 0.5) is 0 Å². The van der Waals surface area contributed by atoms with E-state index in [0.717, 1.165) is 62.1 Å². The van der Waals surface area contributed by atoms with Crippen molar-refractivity contribution in [1.82, 2.24) is 4.57 Å². The third kappa shape index (κ3) is 3.41. The Morgan fingerprint density at radius 1 is 0.426 bits per heavy atom. The topological polar surface area (TPSA) is 32.6 Å². The predicted octanol–water partition coefficient (Wildman–Crippen LogP) is 9.98. The van der Waals surface area contributed by atoms with Gasteiger partial charge >= 0.3 is 0 Å². The highest BCUT2D eigenvalue weighted by molar-refractivity contribution is 6.99. The number of benzene rings is 8. The van der Waals surface area contributed by atoms with Gasteiger partial charge in [0.1, 0.15) is 34.5 Å². The molecule has 0 N–H and O–H groups in total. The Morgan fingerprint density at radius 2 is 0.963 bits per heavy atom. The van der Waals surface area contributed by atoms with Gasteiger partial charge in [-0.2, -0.15) is 0 Å². The minimum Gasteiger partial charge on any atom is -0.458 e. The number of nitrogens with zero attached hydrogens (tertiary/aromatic N) is 1. The van der Waals surface area contributed by atoms with Crippen LogP contribution in [0, 0.1) is 0 Å². The molecule has 0 radical (unpaired) electrons. The zero-order chi connectivity index (χ0) is 35.1. The fourth-order valence-corrected chi connectivity index (χ4v) is 10.2. The molecule has 8 aromatic carbocycles. The number of hydrogen-bond acceptors (Lipinski definition) is 3. The van der Waals surface area contributed by atoms with E-state index in [0.29, 0.717) is 0 Å². The summed E-state index contributed by atoms with van der Waals surface area (Å²) >= 11 is 0. The molecule has 4 aliphatic rings. The average molecular weight is 690 g/mol. The van der Waals surface area contributed by atoms with Crippen molar-refractivity contribution in [2.75, 3.05) is 0 Å².